The molecular formula is C4H8BrN3. The van der Waals surface area contributed by atoms with Crippen LogP contribution in [0.15, 0.2) is 5.10 Å². The molecule has 1 heterocycles. The molecule has 1 unspecified atom stereocenters. The number of alkyl halides is 1. The number of hydrogen-bond donors (Lipinski definition) is 1. The SMILES string of the molecule is CCN1C=NNC1Br. The van der Waals surface area contributed by atoms with Crippen LogP contribution in [0.4, 0.5) is 0 Å². The second kappa shape index (κ2) is 2.35. The first-order valence-corrected chi connectivity index (χ1v) is 3.44. The molecule has 1 aliphatic heterocycles. The molecule has 0 radical (unpaired) electrons. The molecule has 0 aromatic rings. The minimum atomic E-state index is 0.201. The van der Waals surface area contributed by atoms with Gasteiger partial charge in [-0.3, -0.25) is 5.43 Å². The zero-order valence-electron chi connectivity index (χ0n) is 4.63. The number of halogens is 1. The maximum Gasteiger partial charge on any atom is 0.172 e. The van der Waals surface area contributed by atoms with Crippen molar-refractivity contribution in [3.8, 4) is 0 Å². The highest BCUT2D eigenvalue weighted by atomic mass is 79.9. The first-order chi connectivity index (χ1) is 3.84. The van der Waals surface area contributed by atoms with Gasteiger partial charge in [0.05, 0.1) is 0 Å². The van der Waals surface area contributed by atoms with E-state index in [2.05, 4.69) is 33.4 Å². The second-order valence-corrected chi connectivity index (χ2v) is 2.41. The van der Waals surface area contributed by atoms with E-state index in [1.54, 1.807) is 6.34 Å². The van der Waals surface area contributed by atoms with Gasteiger partial charge in [0, 0.05) is 6.54 Å². The lowest BCUT2D eigenvalue weighted by molar-refractivity contribution is 0.426. The van der Waals surface area contributed by atoms with E-state index in [-0.39, 0.29) is 5.08 Å². The van der Waals surface area contributed by atoms with Gasteiger partial charge in [0.1, 0.15) is 6.34 Å². The lowest BCUT2D eigenvalue weighted by Crippen LogP contribution is -2.30. The molecule has 0 fully saturated rings. The van der Waals surface area contributed by atoms with Gasteiger partial charge in [0.2, 0.25) is 0 Å². The highest BCUT2D eigenvalue weighted by Crippen LogP contribution is 2.04. The summed E-state index contributed by atoms with van der Waals surface area (Å²) in [5, 5.41) is 4.02. The summed E-state index contributed by atoms with van der Waals surface area (Å²) in [4.78, 5) is 2.04. The largest absolute Gasteiger partial charge is 0.331 e. The summed E-state index contributed by atoms with van der Waals surface area (Å²) in [6, 6.07) is 0. The van der Waals surface area contributed by atoms with E-state index in [9.17, 15) is 0 Å². The molecule has 1 aliphatic rings. The summed E-state index contributed by atoms with van der Waals surface area (Å²) in [7, 11) is 0. The molecule has 46 valence electrons. The summed E-state index contributed by atoms with van der Waals surface area (Å²) < 4.78 is 0. The van der Waals surface area contributed by atoms with Crippen LogP contribution in [0.1, 0.15) is 6.92 Å². The van der Waals surface area contributed by atoms with Crippen molar-refractivity contribution >= 4 is 22.3 Å². The summed E-state index contributed by atoms with van der Waals surface area (Å²) in [5.74, 6) is 0. The van der Waals surface area contributed by atoms with Crippen molar-refractivity contribution in [2.75, 3.05) is 6.54 Å². The average Bonchev–Trinajstić information content (AvgIpc) is 2.14. The van der Waals surface area contributed by atoms with Gasteiger partial charge in [-0.15, -0.1) is 0 Å². The Bertz CT molecular complexity index is 103. The van der Waals surface area contributed by atoms with Crippen LogP contribution in [0, 0.1) is 0 Å². The molecule has 0 bridgehead atoms. The van der Waals surface area contributed by atoms with Gasteiger partial charge in [-0.25, -0.2) is 0 Å². The highest BCUT2D eigenvalue weighted by Gasteiger charge is 2.12. The molecule has 0 spiro atoms. The molecule has 1 N–H and O–H groups in total. The van der Waals surface area contributed by atoms with Gasteiger partial charge in [-0.2, -0.15) is 5.10 Å². The van der Waals surface area contributed by atoms with Gasteiger partial charge < -0.3 is 4.90 Å². The maximum atomic E-state index is 3.82. The molecule has 1 rings (SSSR count). The minimum absolute atomic E-state index is 0.201. The summed E-state index contributed by atoms with van der Waals surface area (Å²) in [5.41, 5.74) is 2.83. The van der Waals surface area contributed by atoms with Crippen LogP contribution >= 0.6 is 15.9 Å². The topological polar surface area (TPSA) is 27.6 Å². The van der Waals surface area contributed by atoms with Crippen LogP contribution in [-0.2, 0) is 0 Å². The summed E-state index contributed by atoms with van der Waals surface area (Å²) >= 11 is 3.35. The van der Waals surface area contributed by atoms with Crippen molar-refractivity contribution in [3.05, 3.63) is 0 Å². The van der Waals surface area contributed by atoms with Crippen molar-refractivity contribution in [2.24, 2.45) is 5.10 Å². The Hall–Kier alpha value is -0.250. The summed E-state index contributed by atoms with van der Waals surface area (Å²) in [6.45, 7) is 3.06. The molecule has 3 nitrogen and oxygen atoms in total. The average molecular weight is 178 g/mol. The fourth-order valence-corrected chi connectivity index (χ4v) is 1.06. The van der Waals surface area contributed by atoms with E-state index >= 15 is 0 Å². The quantitative estimate of drug-likeness (QED) is 0.468. The minimum Gasteiger partial charge on any atom is -0.331 e. The van der Waals surface area contributed by atoms with Crippen LogP contribution in [-0.4, -0.2) is 22.9 Å². The predicted molar refractivity (Wildman–Crippen MR) is 36.7 cm³/mol. The van der Waals surface area contributed by atoms with Crippen molar-refractivity contribution in [2.45, 2.75) is 12.0 Å². The number of hydrogen-bond acceptors (Lipinski definition) is 3. The second-order valence-electron chi connectivity index (χ2n) is 1.54. The Morgan fingerprint density at radius 2 is 2.75 bits per heavy atom. The third-order valence-corrected chi connectivity index (χ3v) is 1.77. The molecule has 8 heavy (non-hydrogen) atoms. The molecule has 0 aromatic heterocycles. The van der Waals surface area contributed by atoms with Gasteiger partial charge in [0.25, 0.3) is 0 Å². The molecule has 4 heteroatoms. The molecule has 0 amide bonds. The first kappa shape index (κ1) is 5.88. The smallest absolute Gasteiger partial charge is 0.172 e. The van der Waals surface area contributed by atoms with Crippen LogP contribution < -0.4 is 5.43 Å². The van der Waals surface area contributed by atoms with Gasteiger partial charge in [-0.05, 0) is 22.9 Å². The normalized spacial score (nSPS) is 26.2. The third-order valence-electron chi connectivity index (χ3n) is 1.04. The number of nitrogens with zero attached hydrogens (tertiary/aromatic N) is 2. The van der Waals surface area contributed by atoms with Gasteiger partial charge in [0.15, 0.2) is 5.08 Å². The van der Waals surface area contributed by atoms with E-state index in [0.29, 0.717) is 0 Å². The lowest BCUT2D eigenvalue weighted by atomic mass is 10.7. The molecule has 1 atom stereocenters. The van der Waals surface area contributed by atoms with Crippen LogP contribution in [0.3, 0.4) is 0 Å². The first-order valence-electron chi connectivity index (χ1n) is 2.53. The molecule has 0 saturated heterocycles. The van der Waals surface area contributed by atoms with E-state index in [4.69, 9.17) is 0 Å². The lowest BCUT2D eigenvalue weighted by Gasteiger charge is -2.14. The Kier molecular flexibility index (Phi) is 1.73. The standard InChI is InChI=1S/C4H8BrN3/c1-2-8-3-6-7-4(8)5/h3-4,7H,2H2,1H3. The predicted octanol–water partition coefficient (Wildman–Crippen LogP) is 0.533. The number of hydrazone groups is 1. The van der Waals surface area contributed by atoms with Crippen molar-refractivity contribution in [3.63, 3.8) is 0 Å². The van der Waals surface area contributed by atoms with Crippen LogP contribution in [0.5, 0.6) is 0 Å². The van der Waals surface area contributed by atoms with E-state index < -0.39 is 0 Å². The van der Waals surface area contributed by atoms with Gasteiger partial charge in [-0.1, -0.05) is 0 Å². The Labute approximate surface area is 56.9 Å². The van der Waals surface area contributed by atoms with Crippen molar-refractivity contribution in [1.29, 1.82) is 0 Å². The zero-order chi connectivity index (χ0) is 5.98. The fraction of sp³-hybridized carbons (Fsp3) is 0.750. The Morgan fingerprint density at radius 1 is 2.00 bits per heavy atom. The number of rotatable bonds is 1. The maximum absolute atomic E-state index is 3.82. The van der Waals surface area contributed by atoms with Crippen LogP contribution in [0.25, 0.3) is 0 Å². The van der Waals surface area contributed by atoms with Crippen LogP contribution in [0.2, 0.25) is 0 Å². The monoisotopic (exact) mass is 177 g/mol. The Morgan fingerprint density at radius 3 is 3.00 bits per heavy atom. The van der Waals surface area contributed by atoms with E-state index in [1.807, 2.05) is 4.90 Å². The third kappa shape index (κ3) is 0.940. The fourth-order valence-electron chi connectivity index (χ4n) is 0.544. The molecule has 0 aliphatic carbocycles. The Balaban J connectivity index is 2.41. The molecular weight excluding hydrogens is 170 g/mol. The number of nitrogens with one attached hydrogen (secondary N) is 1. The summed E-state index contributed by atoms with van der Waals surface area (Å²) in [6.07, 6.45) is 1.78. The molecule has 0 aromatic carbocycles. The van der Waals surface area contributed by atoms with E-state index in [1.165, 1.54) is 0 Å². The highest BCUT2D eigenvalue weighted by molar-refractivity contribution is 9.09. The molecule has 0 saturated carbocycles. The van der Waals surface area contributed by atoms with Crippen molar-refractivity contribution in [1.82, 2.24) is 10.3 Å². The zero-order valence-corrected chi connectivity index (χ0v) is 6.22. The van der Waals surface area contributed by atoms with Crippen molar-refractivity contribution < 1.29 is 0 Å². The van der Waals surface area contributed by atoms with E-state index in [0.717, 1.165) is 6.54 Å². The van der Waals surface area contributed by atoms with Gasteiger partial charge >= 0.3 is 0 Å².